The smallest absolute Gasteiger partial charge is 0.240 e. The van der Waals surface area contributed by atoms with Crippen molar-refractivity contribution in [2.24, 2.45) is 0 Å². The van der Waals surface area contributed by atoms with E-state index in [1.165, 1.54) is 4.88 Å². The lowest BCUT2D eigenvalue weighted by atomic mass is 10.2. The minimum absolute atomic E-state index is 0.0786. The third-order valence-electron chi connectivity index (χ3n) is 4.65. The summed E-state index contributed by atoms with van der Waals surface area (Å²) >= 11 is 8.60. The Hall–Kier alpha value is -1.85. The first-order chi connectivity index (χ1) is 13.7. The molecule has 10 heteroatoms. The van der Waals surface area contributed by atoms with Crippen LogP contribution in [0.1, 0.15) is 10.9 Å². The molecule has 4 heterocycles. The predicted octanol–water partition coefficient (Wildman–Crippen LogP) is 2.92. The molecule has 1 aliphatic rings. The van der Waals surface area contributed by atoms with Gasteiger partial charge in [-0.1, -0.05) is 12.1 Å². The fourth-order valence-electron chi connectivity index (χ4n) is 3.25. The molecule has 3 aromatic heterocycles. The number of carbonyl (C=O) groups is 1. The normalized spacial score (nSPS) is 16.1. The van der Waals surface area contributed by atoms with E-state index in [1.54, 1.807) is 27.2 Å². The minimum atomic E-state index is -0.0786. The van der Waals surface area contributed by atoms with Gasteiger partial charge in [-0.2, -0.15) is 5.10 Å². The van der Waals surface area contributed by atoms with E-state index in [9.17, 15) is 4.79 Å². The van der Waals surface area contributed by atoms with Crippen LogP contribution in [0.25, 0.3) is 10.7 Å². The second kappa shape index (κ2) is 9.10. The molecule has 1 fully saturated rings. The van der Waals surface area contributed by atoms with E-state index < -0.39 is 0 Å². The van der Waals surface area contributed by atoms with Crippen LogP contribution in [-0.2, 0) is 16.1 Å². The SMILES string of the molecule is O=C(Cn1c(-c2cccs2)n[nH]c1=S)NCC(c1cccs1)N1CCOCC1. The van der Waals surface area contributed by atoms with Crippen LogP contribution in [0.2, 0.25) is 0 Å². The molecule has 0 bridgehead atoms. The second-order valence-corrected chi connectivity index (χ2v) is 8.71. The zero-order chi connectivity index (χ0) is 19.3. The number of H-pyrrole nitrogens is 1. The molecule has 0 radical (unpaired) electrons. The summed E-state index contributed by atoms with van der Waals surface area (Å²) in [4.78, 5) is 17.3. The van der Waals surface area contributed by atoms with Crippen molar-refractivity contribution in [1.29, 1.82) is 0 Å². The van der Waals surface area contributed by atoms with Gasteiger partial charge in [-0.25, -0.2) is 0 Å². The van der Waals surface area contributed by atoms with Crippen molar-refractivity contribution < 1.29 is 9.53 Å². The second-order valence-electron chi connectivity index (χ2n) is 6.40. The molecular formula is C18H21N5O2S3. The maximum atomic E-state index is 12.7. The summed E-state index contributed by atoms with van der Waals surface area (Å²) in [6.45, 7) is 3.89. The summed E-state index contributed by atoms with van der Waals surface area (Å²) in [5.74, 6) is 0.614. The highest BCUT2D eigenvalue weighted by atomic mass is 32.1. The fraction of sp³-hybridized carbons (Fsp3) is 0.389. The highest BCUT2D eigenvalue weighted by molar-refractivity contribution is 7.71. The number of carbonyl (C=O) groups excluding carboxylic acids is 1. The van der Waals surface area contributed by atoms with Crippen LogP contribution in [0.5, 0.6) is 0 Å². The number of amides is 1. The van der Waals surface area contributed by atoms with Gasteiger partial charge in [0.15, 0.2) is 10.6 Å². The highest BCUT2D eigenvalue weighted by Gasteiger charge is 2.24. The first-order valence-corrected chi connectivity index (χ1v) is 11.2. The highest BCUT2D eigenvalue weighted by Crippen LogP contribution is 2.26. The number of hydrogen-bond acceptors (Lipinski definition) is 7. The summed E-state index contributed by atoms with van der Waals surface area (Å²) in [7, 11) is 0. The van der Waals surface area contributed by atoms with Gasteiger partial charge in [-0.3, -0.25) is 19.4 Å². The molecule has 1 unspecified atom stereocenters. The van der Waals surface area contributed by atoms with E-state index in [0.29, 0.717) is 17.1 Å². The molecule has 4 rings (SSSR count). The zero-order valence-corrected chi connectivity index (χ0v) is 17.6. The van der Waals surface area contributed by atoms with Crippen molar-refractivity contribution in [1.82, 2.24) is 25.0 Å². The summed E-state index contributed by atoms with van der Waals surface area (Å²) in [5, 5.41) is 14.2. The Morgan fingerprint density at radius 2 is 2.07 bits per heavy atom. The van der Waals surface area contributed by atoms with Gasteiger partial charge in [-0.15, -0.1) is 22.7 Å². The van der Waals surface area contributed by atoms with Crippen molar-refractivity contribution in [3.63, 3.8) is 0 Å². The molecule has 28 heavy (non-hydrogen) atoms. The van der Waals surface area contributed by atoms with Gasteiger partial charge in [-0.05, 0) is 35.1 Å². The van der Waals surface area contributed by atoms with Gasteiger partial charge < -0.3 is 10.1 Å². The number of rotatable bonds is 7. The van der Waals surface area contributed by atoms with Gasteiger partial charge >= 0.3 is 0 Å². The average molecular weight is 436 g/mol. The van der Waals surface area contributed by atoms with Crippen molar-refractivity contribution in [2.75, 3.05) is 32.8 Å². The molecule has 1 atom stereocenters. The van der Waals surface area contributed by atoms with Crippen LogP contribution in [0.3, 0.4) is 0 Å². The van der Waals surface area contributed by atoms with E-state index in [-0.39, 0.29) is 18.5 Å². The van der Waals surface area contributed by atoms with Crippen molar-refractivity contribution >= 4 is 40.8 Å². The van der Waals surface area contributed by atoms with Crippen LogP contribution < -0.4 is 5.32 Å². The maximum absolute atomic E-state index is 12.7. The first kappa shape index (κ1) is 19.5. The van der Waals surface area contributed by atoms with E-state index in [4.69, 9.17) is 17.0 Å². The molecule has 0 spiro atoms. The van der Waals surface area contributed by atoms with Crippen LogP contribution >= 0.6 is 34.9 Å². The number of aromatic nitrogens is 3. The molecule has 7 nitrogen and oxygen atoms in total. The Balaban J connectivity index is 1.43. The number of aromatic amines is 1. The molecule has 1 aliphatic heterocycles. The summed E-state index contributed by atoms with van der Waals surface area (Å²) in [6.07, 6.45) is 0. The number of thiophene rings is 2. The molecule has 0 aromatic carbocycles. The number of nitrogens with zero attached hydrogens (tertiary/aromatic N) is 3. The van der Waals surface area contributed by atoms with E-state index in [1.807, 2.05) is 23.6 Å². The third-order valence-corrected chi connectivity index (χ3v) is 6.80. The Labute approximate surface area is 176 Å². The summed E-state index contributed by atoms with van der Waals surface area (Å²) in [6, 6.07) is 8.25. The van der Waals surface area contributed by atoms with Gasteiger partial charge in [0.2, 0.25) is 5.91 Å². The monoisotopic (exact) mass is 435 g/mol. The number of nitrogens with one attached hydrogen (secondary N) is 2. The molecular weight excluding hydrogens is 414 g/mol. The molecule has 3 aromatic rings. The van der Waals surface area contributed by atoms with Crippen molar-refractivity contribution in [2.45, 2.75) is 12.6 Å². The van der Waals surface area contributed by atoms with Gasteiger partial charge in [0.25, 0.3) is 0 Å². The number of morpholine rings is 1. The molecule has 148 valence electrons. The summed E-state index contributed by atoms with van der Waals surface area (Å²) < 4.78 is 7.66. The third kappa shape index (κ3) is 4.41. The average Bonchev–Trinajstić information content (AvgIpc) is 3.47. The Kier molecular flexibility index (Phi) is 6.33. The molecule has 0 saturated carbocycles. The summed E-state index contributed by atoms with van der Waals surface area (Å²) in [5.41, 5.74) is 0. The van der Waals surface area contributed by atoms with E-state index in [0.717, 1.165) is 31.2 Å². The quantitative estimate of drug-likeness (QED) is 0.558. The van der Waals surface area contributed by atoms with E-state index in [2.05, 4.69) is 31.9 Å². The van der Waals surface area contributed by atoms with E-state index >= 15 is 0 Å². The van der Waals surface area contributed by atoms with Crippen LogP contribution in [0.15, 0.2) is 35.0 Å². The number of ether oxygens (including phenoxy) is 1. The largest absolute Gasteiger partial charge is 0.379 e. The lowest BCUT2D eigenvalue weighted by Gasteiger charge is -2.34. The lowest BCUT2D eigenvalue weighted by molar-refractivity contribution is -0.122. The van der Waals surface area contributed by atoms with Gasteiger partial charge in [0, 0.05) is 24.5 Å². The topological polar surface area (TPSA) is 75.2 Å². The molecule has 0 aliphatic carbocycles. The Morgan fingerprint density at radius 3 is 2.79 bits per heavy atom. The van der Waals surface area contributed by atoms with Gasteiger partial charge in [0.05, 0.1) is 24.1 Å². The van der Waals surface area contributed by atoms with Crippen molar-refractivity contribution in [3.8, 4) is 10.7 Å². The lowest BCUT2D eigenvalue weighted by Crippen LogP contribution is -2.44. The van der Waals surface area contributed by atoms with Gasteiger partial charge in [0.1, 0.15) is 6.54 Å². The standard InChI is InChI=1S/C18H21N5O2S3/c24-16(12-23-17(20-21-18(23)26)15-4-2-10-28-15)19-11-13(14-3-1-9-27-14)22-5-7-25-8-6-22/h1-4,9-10,13H,5-8,11-12H2,(H,19,24)(H,21,26). The first-order valence-electron chi connectivity index (χ1n) is 9.03. The Bertz CT molecular complexity index is 942. The fourth-order valence-corrected chi connectivity index (χ4v) is 5.03. The van der Waals surface area contributed by atoms with Crippen LogP contribution in [-0.4, -0.2) is 58.4 Å². The van der Waals surface area contributed by atoms with Crippen molar-refractivity contribution in [3.05, 3.63) is 44.7 Å². The predicted molar refractivity (Wildman–Crippen MR) is 113 cm³/mol. The molecule has 1 saturated heterocycles. The Morgan fingerprint density at radius 1 is 1.29 bits per heavy atom. The molecule has 2 N–H and O–H groups in total. The number of hydrogen-bond donors (Lipinski definition) is 2. The van der Waals surface area contributed by atoms with Crippen LogP contribution in [0, 0.1) is 4.77 Å². The zero-order valence-electron chi connectivity index (χ0n) is 15.2. The minimum Gasteiger partial charge on any atom is -0.379 e. The van der Waals surface area contributed by atoms with Crippen LogP contribution in [0.4, 0.5) is 0 Å². The molecule has 1 amide bonds. The maximum Gasteiger partial charge on any atom is 0.240 e.